The van der Waals surface area contributed by atoms with Gasteiger partial charge in [-0.3, -0.25) is 4.98 Å². The monoisotopic (exact) mass is 307 g/mol. The average Bonchev–Trinajstić information content (AvgIpc) is 2.61. The van der Waals surface area contributed by atoms with Gasteiger partial charge in [-0.15, -0.1) is 0 Å². The fraction of sp³-hybridized carbons (Fsp3) is 0.471. The standard InChI is InChI=1S/C17H22BN5/c1-2-14-16(18)21-12-22-17(14)23-9-6-13(7-10-23)11-20-15-5-3-4-8-19-15/h3-5,8,12-13H,2,6-7,9-11H2,1H3,(H,19,20). The Morgan fingerprint density at radius 1 is 1.22 bits per heavy atom. The Labute approximate surface area is 139 Å². The molecule has 1 saturated heterocycles. The Kier molecular flexibility index (Phi) is 5.10. The highest BCUT2D eigenvalue weighted by atomic mass is 15.2. The molecule has 3 heterocycles. The van der Waals surface area contributed by atoms with E-state index in [1.807, 2.05) is 24.4 Å². The highest BCUT2D eigenvalue weighted by Crippen LogP contribution is 2.24. The fourth-order valence-corrected chi connectivity index (χ4v) is 3.09. The zero-order valence-electron chi connectivity index (χ0n) is 13.6. The topological polar surface area (TPSA) is 53.9 Å². The van der Waals surface area contributed by atoms with E-state index >= 15 is 0 Å². The highest BCUT2D eigenvalue weighted by Gasteiger charge is 2.22. The molecule has 2 aromatic heterocycles. The van der Waals surface area contributed by atoms with E-state index < -0.39 is 0 Å². The van der Waals surface area contributed by atoms with Crippen LogP contribution in [-0.4, -0.2) is 42.4 Å². The van der Waals surface area contributed by atoms with Crippen molar-refractivity contribution >= 4 is 25.1 Å². The van der Waals surface area contributed by atoms with E-state index in [0.717, 1.165) is 56.1 Å². The number of nitrogens with zero attached hydrogens (tertiary/aromatic N) is 4. The van der Waals surface area contributed by atoms with E-state index in [-0.39, 0.29) is 0 Å². The van der Waals surface area contributed by atoms with Crippen LogP contribution in [0.4, 0.5) is 11.6 Å². The first-order valence-corrected chi connectivity index (χ1v) is 8.27. The number of aromatic nitrogens is 3. The highest BCUT2D eigenvalue weighted by molar-refractivity contribution is 6.32. The third-order valence-electron chi connectivity index (χ3n) is 4.46. The Morgan fingerprint density at radius 2 is 2.04 bits per heavy atom. The molecule has 6 heteroatoms. The lowest BCUT2D eigenvalue weighted by atomic mass is 9.93. The van der Waals surface area contributed by atoms with Crippen LogP contribution in [0.3, 0.4) is 0 Å². The fourth-order valence-electron chi connectivity index (χ4n) is 3.09. The lowest BCUT2D eigenvalue weighted by Crippen LogP contribution is -2.38. The van der Waals surface area contributed by atoms with E-state index in [9.17, 15) is 0 Å². The molecular formula is C17H22BN5. The van der Waals surface area contributed by atoms with Crippen molar-refractivity contribution < 1.29 is 0 Å². The summed E-state index contributed by atoms with van der Waals surface area (Å²) in [7, 11) is 5.98. The van der Waals surface area contributed by atoms with Crippen LogP contribution in [0.25, 0.3) is 0 Å². The molecule has 1 aliphatic heterocycles. The minimum Gasteiger partial charge on any atom is -0.370 e. The SMILES string of the molecule is [B]c1ncnc(N2CCC(CNc3ccccn3)CC2)c1CC. The van der Waals surface area contributed by atoms with Crippen LogP contribution in [0.2, 0.25) is 0 Å². The largest absolute Gasteiger partial charge is 0.370 e. The van der Waals surface area contributed by atoms with Gasteiger partial charge in [0.25, 0.3) is 0 Å². The third kappa shape index (κ3) is 3.81. The van der Waals surface area contributed by atoms with E-state index in [1.54, 1.807) is 6.33 Å². The lowest BCUT2D eigenvalue weighted by molar-refractivity contribution is 0.421. The summed E-state index contributed by atoms with van der Waals surface area (Å²) in [5.41, 5.74) is 1.68. The zero-order chi connectivity index (χ0) is 16.1. The van der Waals surface area contributed by atoms with Crippen molar-refractivity contribution in [3.05, 3.63) is 36.3 Å². The van der Waals surface area contributed by atoms with Gasteiger partial charge in [0.2, 0.25) is 0 Å². The van der Waals surface area contributed by atoms with Gasteiger partial charge in [0.05, 0.1) is 0 Å². The number of pyridine rings is 1. The molecule has 0 aliphatic carbocycles. The summed E-state index contributed by atoms with van der Waals surface area (Å²) in [6, 6.07) is 5.94. The van der Waals surface area contributed by atoms with Gasteiger partial charge >= 0.3 is 0 Å². The first kappa shape index (κ1) is 15.8. The van der Waals surface area contributed by atoms with Gasteiger partial charge in [-0.2, -0.15) is 0 Å². The van der Waals surface area contributed by atoms with Crippen molar-refractivity contribution in [2.45, 2.75) is 26.2 Å². The molecule has 0 atom stereocenters. The van der Waals surface area contributed by atoms with Crippen molar-refractivity contribution in [3.63, 3.8) is 0 Å². The number of anilines is 2. The smallest absolute Gasteiger partial charge is 0.142 e. The molecular weight excluding hydrogens is 285 g/mol. The minimum atomic E-state index is 0.608. The van der Waals surface area contributed by atoms with Crippen LogP contribution in [0.15, 0.2) is 30.7 Å². The normalized spacial score (nSPS) is 15.6. The maximum absolute atomic E-state index is 5.98. The molecule has 1 aliphatic rings. The summed E-state index contributed by atoms with van der Waals surface area (Å²) in [6.45, 7) is 5.09. The number of hydrogen-bond donors (Lipinski definition) is 1. The zero-order valence-corrected chi connectivity index (χ0v) is 13.6. The van der Waals surface area contributed by atoms with Gasteiger partial charge < -0.3 is 10.2 Å². The van der Waals surface area contributed by atoms with E-state index in [4.69, 9.17) is 7.85 Å². The van der Waals surface area contributed by atoms with Gasteiger partial charge in [0.1, 0.15) is 25.8 Å². The maximum atomic E-state index is 5.98. The van der Waals surface area contributed by atoms with Crippen molar-refractivity contribution in [1.82, 2.24) is 15.0 Å². The molecule has 0 saturated carbocycles. The molecule has 1 N–H and O–H groups in total. The Hall–Kier alpha value is -2.11. The molecule has 0 amide bonds. The summed E-state index contributed by atoms with van der Waals surface area (Å²) < 4.78 is 0. The predicted octanol–water partition coefficient (Wildman–Crippen LogP) is 1.56. The molecule has 1 fully saturated rings. The second-order valence-corrected chi connectivity index (χ2v) is 5.94. The molecule has 0 aromatic carbocycles. The summed E-state index contributed by atoms with van der Waals surface area (Å²) in [5, 5.41) is 3.43. The summed E-state index contributed by atoms with van der Waals surface area (Å²) >= 11 is 0. The van der Waals surface area contributed by atoms with Gasteiger partial charge in [-0.1, -0.05) is 13.0 Å². The molecule has 3 rings (SSSR count). The van der Waals surface area contributed by atoms with Gasteiger partial charge in [0, 0.05) is 31.4 Å². The molecule has 0 spiro atoms. The van der Waals surface area contributed by atoms with Crippen LogP contribution < -0.4 is 15.8 Å². The molecule has 0 unspecified atom stereocenters. The average molecular weight is 307 g/mol. The molecule has 5 nitrogen and oxygen atoms in total. The summed E-state index contributed by atoms with van der Waals surface area (Å²) in [4.78, 5) is 15.2. The molecule has 23 heavy (non-hydrogen) atoms. The van der Waals surface area contributed by atoms with Crippen molar-refractivity contribution in [2.24, 2.45) is 5.92 Å². The van der Waals surface area contributed by atoms with Gasteiger partial charge in [-0.05, 0) is 42.9 Å². The first-order chi connectivity index (χ1) is 11.3. The second-order valence-electron chi connectivity index (χ2n) is 5.94. The third-order valence-corrected chi connectivity index (χ3v) is 4.46. The quantitative estimate of drug-likeness (QED) is 0.850. The van der Waals surface area contributed by atoms with Crippen LogP contribution in [0, 0.1) is 5.92 Å². The lowest BCUT2D eigenvalue weighted by Gasteiger charge is -2.34. The van der Waals surface area contributed by atoms with E-state index in [2.05, 4.69) is 32.1 Å². The summed E-state index contributed by atoms with van der Waals surface area (Å²) in [6.07, 6.45) is 6.54. The number of nitrogens with one attached hydrogen (secondary N) is 1. The van der Waals surface area contributed by atoms with Gasteiger partial charge in [0.15, 0.2) is 0 Å². The number of piperidine rings is 1. The number of rotatable bonds is 5. The van der Waals surface area contributed by atoms with Crippen LogP contribution in [-0.2, 0) is 6.42 Å². The molecule has 118 valence electrons. The van der Waals surface area contributed by atoms with Crippen LogP contribution in [0.1, 0.15) is 25.3 Å². The first-order valence-electron chi connectivity index (χ1n) is 8.27. The molecule has 2 radical (unpaired) electrons. The maximum Gasteiger partial charge on any atom is 0.142 e. The minimum absolute atomic E-state index is 0.608. The molecule has 2 aromatic rings. The Bertz CT molecular complexity index is 626. The van der Waals surface area contributed by atoms with Crippen molar-refractivity contribution in [1.29, 1.82) is 0 Å². The van der Waals surface area contributed by atoms with Gasteiger partial charge in [-0.25, -0.2) is 9.97 Å². The van der Waals surface area contributed by atoms with E-state index in [1.165, 1.54) is 0 Å². The molecule has 0 bridgehead atoms. The Balaban J connectivity index is 1.55. The van der Waals surface area contributed by atoms with Crippen molar-refractivity contribution in [3.8, 4) is 0 Å². The van der Waals surface area contributed by atoms with Crippen LogP contribution in [0.5, 0.6) is 0 Å². The van der Waals surface area contributed by atoms with Crippen LogP contribution >= 0.6 is 0 Å². The number of hydrogen-bond acceptors (Lipinski definition) is 5. The van der Waals surface area contributed by atoms with E-state index in [0.29, 0.717) is 11.5 Å². The second kappa shape index (κ2) is 7.44. The Morgan fingerprint density at radius 3 is 2.74 bits per heavy atom. The summed E-state index contributed by atoms with van der Waals surface area (Å²) in [5.74, 6) is 2.63. The predicted molar refractivity (Wildman–Crippen MR) is 94.5 cm³/mol. The van der Waals surface area contributed by atoms with Crippen molar-refractivity contribution in [2.75, 3.05) is 29.9 Å².